The average molecular weight is 326 g/mol. The largest absolute Gasteiger partial charge is 0.383 e. The van der Waals surface area contributed by atoms with E-state index in [2.05, 4.69) is 5.32 Å². The van der Waals surface area contributed by atoms with Gasteiger partial charge in [-0.05, 0) is 29.8 Å². The minimum atomic E-state index is -0.219. The summed E-state index contributed by atoms with van der Waals surface area (Å²) in [5.41, 5.74) is 1.02. The van der Waals surface area contributed by atoms with E-state index in [9.17, 15) is 4.39 Å². The van der Waals surface area contributed by atoms with Crippen LogP contribution in [0.5, 0.6) is 0 Å². The minimum absolute atomic E-state index is 0.219. The Bertz CT molecular complexity index is 594. The molecule has 0 amide bonds. The molecule has 2 nitrogen and oxygen atoms in total. The molecule has 0 aromatic heterocycles. The molecule has 5 heteroatoms. The third kappa shape index (κ3) is 5.00. The van der Waals surface area contributed by atoms with Crippen LogP contribution >= 0.6 is 23.4 Å². The smallest absolute Gasteiger partial charge is 0.137 e. The number of hydrogen-bond acceptors (Lipinski definition) is 3. The van der Waals surface area contributed by atoms with Crippen LogP contribution in [-0.2, 0) is 11.3 Å². The summed E-state index contributed by atoms with van der Waals surface area (Å²) < 4.78 is 18.6. The Hall–Kier alpha value is -1.07. The van der Waals surface area contributed by atoms with Gasteiger partial charge in [0.25, 0.3) is 0 Å². The molecule has 0 fully saturated rings. The lowest BCUT2D eigenvalue weighted by Gasteiger charge is -2.09. The Balaban J connectivity index is 2.00. The predicted molar refractivity (Wildman–Crippen MR) is 85.6 cm³/mol. The number of hydrogen-bond donors (Lipinski definition) is 1. The molecule has 2 aromatic carbocycles. The van der Waals surface area contributed by atoms with Crippen LogP contribution in [0, 0.1) is 5.82 Å². The number of methoxy groups -OCH3 is 1. The molecule has 0 spiro atoms. The number of rotatable bonds is 7. The van der Waals surface area contributed by atoms with Crippen molar-refractivity contribution in [2.24, 2.45) is 0 Å². The Kier molecular flexibility index (Phi) is 6.51. The van der Waals surface area contributed by atoms with Crippen LogP contribution in [0.15, 0.2) is 52.3 Å². The minimum Gasteiger partial charge on any atom is -0.383 e. The van der Waals surface area contributed by atoms with Crippen LogP contribution in [-0.4, -0.2) is 20.3 Å². The fourth-order valence-corrected chi connectivity index (χ4v) is 2.98. The van der Waals surface area contributed by atoms with Crippen LogP contribution in [0.3, 0.4) is 0 Å². The molecule has 0 heterocycles. The fraction of sp³-hybridized carbons (Fsp3) is 0.250. The molecule has 0 radical (unpaired) electrons. The zero-order valence-electron chi connectivity index (χ0n) is 11.7. The molecule has 21 heavy (non-hydrogen) atoms. The fourth-order valence-electron chi connectivity index (χ4n) is 1.79. The van der Waals surface area contributed by atoms with Crippen molar-refractivity contribution in [3.05, 3.63) is 58.9 Å². The van der Waals surface area contributed by atoms with E-state index in [1.165, 1.54) is 17.8 Å². The van der Waals surface area contributed by atoms with E-state index in [4.69, 9.17) is 16.3 Å². The summed E-state index contributed by atoms with van der Waals surface area (Å²) in [5, 5.41) is 3.93. The summed E-state index contributed by atoms with van der Waals surface area (Å²) in [6, 6.07) is 12.5. The molecule has 112 valence electrons. The summed E-state index contributed by atoms with van der Waals surface area (Å²) in [5.74, 6) is -0.219. The van der Waals surface area contributed by atoms with E-state index in [0.717, 1.165) is 17.0 Å². The second kappa shape index (κ2) is 8.39. The van der Waals surface area contributed by atoms with Gasteiger partial charge in [0.15, 0.2) is 0 Å². The first-order valence-electron chi connectivity index (χ1n) is 6.61. The van der Waals surface area contributed by atoms with Gasteiger partial charge in [0.05, 0.1) is 6.61 Å². The van der Waals surface area contributed by atoms with E-state index in [-0.39, 0.29) is 5.82 Å². The second-order valence-electron chi connectivity index (χ2n) is 4.46. The normalized spacial score (nSPS) is 10.8. The molecular weight excluding hydrogens is 309 g/mol. The molecule has 0 saturated heterocycles. The monoisotopic (exact) mass is 325 g/mol. The number of benzene rings is 2. The van der Waals surface area contributed by atoms with Crippen LogP contribution < -0.4 is 5.32 Å². The van der Waals surface area contributed by atoms with Gasteiger partial charge in [0, 0.05) is 35.0 Å². The highest BCUT2D eigenvalue weighted by molar-refractivity contribution is 7.99. The first-order valence-corrected chi connectivity index (χ1v) is 7.80. The van der Waals surface area contributed by atoms with Crippen LogP contribution in [0.4, 0.5) is 4.39 Å². The quantitative estimate of drug-likeness (QED) is 0.764. The van der Waals surface area contributed by atoms with Gasteiger partial charge in [-0.25, -0.2) is 4.39 Å². The van der Waals surface area contributed by atoms with E-state index < -0.39 is 0 Å². The van der Waals surface area contributed by atoms with E-state index in [0.29, 0.717) is 23.1 Å². The Labute approximate surface area is 133 Å². The zero-order valence-corrected chi connectivity index (χ0v) is 13.3. The van der Waals surface area contributed by atoms with Gasteiger partial charge >= 0.3 is 0 Å². The van der Waals surface area contributed by atoms with E-state index in [1.807, 2.05) is 24.3 Å². The van der Waals surface area contributed by atoms with Crippen molar-refractivity contribution in [2.45, 2.75) is 16.3 Å². The molecule has 0 atom stereocenters. The molecule has 2 rings (SSSR count). The third-order valence-electron chi connectivity index (χ3n) is 2.89. The van der Waals surface area contributed by atoms with Gasteiger partial charge in [0.1, 0.15) is 5.82 Å². The van der Waals surface area contributed by atoms with Crippen molar-refractivity contribution >= 4 is 23.4 Å². The maximum Gasteiger partial charge on any atom is 0.137 e. The molecule has 2 aromatic rings. The first kappa shape index (κ1) is 16.3. The second-order valence-corrected chi connectivity index (χ2v) is 5.98. The van der Waals surface area contributed by atoms with Gasteiger partial charge in [-0.1, -0.05) is 41.6 Å². The Morgan fingerprint density at radius 2 is 2.05 bits per heavy atom. The van der Waals surface area contributed by atoms with Crippen LogP contribution in [0.1, 0.15) is 5.56 Å². The average Bonchev–Trinajstić information content (AvgIpc) is 2.48. The lowest BCUT2D eigenvalue weighted by Crippen LogP contribution is -2.18. The SMILES string of the molecule is COCCNCc1ccc(Sc2ccccc2F)cc1Cl. The van der Waals surface area contributed by atoms with Gasteiger partial charge in [-0.2, -0.15) is 0 Å². The third-order valence-corrected chi connectivity index (χ3v) is 4.28. The number of halogens is 2. The number of nitrogens with one attached hydrogen (secondary N) is 1. The van der Waals surface area contributed by atoms with E-state index >= 15 is 0 Å². The zero-order chi connectivity index (χ0) is 15.1. The summed E-state index contributed by atoms with van der Waals surface area (Å²) in [6.07, 6.45) is 0. The van der Waals surface area contributed by atoms with Gasteiger partial charge in [-0.15, -0.1) is 0 Å². The first-order chi connectivity index (χ1) is 10.2. The van der Waals surface area contributed by atoms with Crippen molar-refractivity contribution in [1.29, 1.82) is 0 Å². The molecule has 0 aliphatic rings. The highest BCUT2D eigenvalue weighted by Gasteiger charge is 2.06. The number of ether oxygens (including phenoxy) is 1. The topological polar surface area (TPSA) is 21.3 Å². The maximum atomic E-state index is 13.6. The summed E-state index contributed by atoms with van der Waals surface area (Å²) in [4.78, 5) is 1.52. The summed E-state index contributed by atoms with van der Waals surface area (Å²) in [6.45, 7) is 2.13. The Morgan fingerprint density at radius 1 is 1.24 bits per heavy atom. The van der Waals surface area contributed by atoms with Gasteiger partial charge < -0.3 is 10.1 Å². The Morgan fingerprint density at radius 3 is 2.76 bits per heavy atom. The summed E-state index contributed by atoms with van der Waals surface area (Å²) in [7, 11) is 1.67. The van der Waals surface area contributed by atoms with Crippen LogP contribution in [0.25, 0.3) is 0 Å². The molecule has 0 bridgehead atoms. The molecule has 1 N–H and O–H groups in total. The van der Waals surface area contributed by atoms with Crippen molar-refractivity contribution < 1.29 is 9.13 Å². The highest BCUT2D eigenvalue weighted by atomic mass is 35.5. The predicted octanol–water partition coefficient (Wildman–Crippen LogP) is 4.37. The van der Waals surface area contributed by atoms with Crippen molar-refractivity contribution in [1.82, 2.24) is 5.32 Å². The van der Waals surface area contributed by atoms with Crippen molar-refractivity contribution in [2.75, 3.05) is 20.3 Å². The standard InChI is InChI=1S/C16H17ClFNOS/c1-20-9-8-19-11-12-6-7-13(10-14(12)17)21-16-5-3-2-4-15(16)18/h2-7,10,19H,8-9,11H2,1H3. The van der Waals surface area contributed by atoms with E-state index in [1.54, 1.807) is 19.2 Å². The molecule has 0 saturated carbocycles. The van der Waals surface area contributed by atoms with Crippen molar-refractivity contribution in [3.8, 4) is 0 Å². The summed E-state index contributed by atoms with van der Waals surface area (Å²) >= 11 is 7.64. The van der Waals surface area contributed by atoms with Crippen LogP contribution in [0.2, 0.25) is 5.02 Å². The maximum absolute atomic E-state index is 13.6. The molecular formula is C16H17ClFNOS. The lowest BCUT2D eigenvalue weighted by atomic mass is 10.2. The molecule has 0 aliphatic heterocycles. The van der Waals surface area contributed by atoms with Gasteiger partial charge in [-0.3, -0.25) is 0 Å². The van der Waals surface area contributed by atoms with Gasteiger partial charge in [0.2, 0.25) is 0 Å². The van der Waals surface area contributed by atoms with Crippen molar-refractivity contribution in [3.63, 3.8) is 0 Å². The molecule has 0 unspecified atom stereocenters. The highest BCUT2D eigenvalue weighted by Crippen LogP contribution is 2.32. The lowest BCUT2D eigenvalue weighted by molar-refractivity contribution is 0.199. The molecule has 0 aliphatic carbocycles.